The maximum atomic E-state index is 12.1. The minimum atomic E-state index is -0.953. The molecule has 1 aromatic carbocycles. The Labute approximate surface area is 196 Å². The predicted octanol–water partition coefficient (Wildman–Crippen LogP) is 2.20. The van der Waals surface area contributed by atoms with E-state index in [1.807, 2.05) is 43.3 Å². The monoisotopic (exact) mass is 459 g/mol. The molecule has 5 rings (SSSR count). The normalized spacial score (nSPS) is 19.9. The van der Waals surface area contributed by atoms with Crippen LogP contribution in [-0.4, -0.2) is 54.8 Å². The van der Waals surface area contributed by atoms with Crippen molar-refractivity contribution in [1.82, 2.24) is 29.8 Å². The fourth-order valence-electron chi connectivity index (χ4n) is 4.04. The summed E-state index contributed by atoms with van der Waals surface area (Å²) in [7, 11) is 1.51. The Bertz CT molecular complexity index is 1320. The molecule has 1 fully saturated rings. The molecular weight excluding hydrogens is 434 g/mol. The summed E-state index contributed by atoms with van der Waals surface area (Å²) in [6, 6.07) is 12.0. The van der Waals surface area contributed by atoms with E-state index >= 15 is 0 Å². The average Bonchev–Trinajstić information content (AvgIpc) is 3.46. The number of aromatic nitrogens is 5. The van der Waals surface area contributed by atoms with Gasteiger partial charge in [0.25, 0.3) is 5.91 Å². The van der Waals surface area contributed by atoms with Crippen molar-refractivity contribution in [1.29, 1.82) is 0 Å². The number of imidazole rings is 1. The van der Waals surface area contributed by atoms with Crippen molar-refractivity contribution in [3.05, 3.63) is 66.2 Å². The van der Waals surface area contributed by atoms with E-state index in [0.29, 0.717) is 29.4 Å². The summed E-state index contributed by atoms with van der Waals surface area (Å²) in [6.07, 6.45) is 2.85. The number of aliphatic hydroxyl groups is 1. The second-order valence-corrected chi connectivity index (χ2v) is 8.24. The number of carbonyl (C=O) groups is 1. The molecule has 0 unspecified atom stereocenters. The minimum absolute atomic E-state index is 0.238. The molecule has 3 atom stereocenters. The van der Waals surface area contributed by atoms with E-state index in [4.69, 9.17) is 14.7 Å². The van der Waals surface area contributed by atoms with Crippen LogP contribution < -0.4 is 10.6 Å². The number of likely N-dealkylation sites (N-methyl/N-ethyl adjacent to an activating group) is 1. The van der Waals surface area contributed by atoms with Gasteiger partial charge in [-0.05, 0) is 24.1 Å². The minimum Gasteiger partial charge on any atom is -0.390 e. The van der Waals surface area contributed by atoms with Crippen molar-refractivity contribution in [2.45, 2.75) is 38.3 Å². The lowest BCUT2D eigenvalue weighted by Gasteiger charge is -2.15. The van der Waals surface area contributed by atoms with Crippen molar-refractivity contribution in [2.24, 2.45) is 0 Å². The molecule has 4 heterocycles. The summed E-state index contributed by atoms with van der Waals surface area (Å²) in [6.45, 7) is 2.52. The first-order valence-electron chi connectivity index (χ1n) is 11.0. The van der Waals surface area contributed by atoms with Gasteiger partial charge in [-0.1, -0.05) is 30.3 Å². The standard InChI is InChI=1S/C24H25N7O3/c1-14-8-16(12-26-10-14)21-29-22(27-11-15-6-4-3-5-7-15)19-23(30-21)31(13-28-19)18-9-17(32)20(34-18)24(33)25-2/h3-8,10,12-13,17-18,20,32H,9,11H2,1-2H3,(H,25,33)(H,27,29,30)/t17-,18+,20-/m0/s1. The summed E-state index contributed by atoms with van der Waals surface area (Å²) in [4.78, 5) is 30.4. The molecule has 0 bridgehead atoms. The second-order valence-electron chi connectivity index (χ2n) is 8.24. The van der Waals surface area contributed by atoms with Crippen molar-refractivity contribution < 1.29 is 14.6 Å². The number of nitrogens with zero attached hydrogens (tertiary/aromatic N) is 5. The number of ether oxygens (including phenoxy) is 1. The largest absolute Gasteiger partial charge is 0.390 e. The Hall–Kier alpha value is -3.89. The topological polar surface area (TPSA) is 127 Å². The van der Waals surface area contributed by atoms with Crippen LogP contribution in [0.25, 0.3) is 22.6 Å². The molecular formula is C24H25N7O3. The summed E-state index contributed by atoms with van der Waals surface area (Å²) in [5.74, 6) is 0.693. The van der Waals surface area contributed by atoms with Crippen molar-refractivity contribution in [3.63, 3.8) is 0 Å². The zero-order valence-corrected chi connectivity index (χ0v) is 18.8. The molecule has 0 radical (unpaired) electrons. The third-order valence-corrected chi connectivity index (χ3v) is 5.77. The fourth-order valence-corrected chi connectivity index (χ4v) is 4.04. The first kappa shape index (κ1) is 21.9. The van der Waals surface area contributed by atoms with Gasteiger partial charge >= 0.3 is 0 Å². The molecule has 4 aromatic rings. The van der Waals surface area contributed by atoms with Gasteiger partial charge in [0.1, 0.15) is 6.23 Å². The molecule has 1 aliphatic rings. The highest BCUT2D eigenvalue weighted by atomic mass is 16.5. The number of aryl methyl sites for hydroxylation is 1. The van der Waals surface area contributed by atoms with Gasteiger partial charge in [0.05, 0.1) is 12.4 Å². The smallest absolute Gasteiger partial charge is 0.251 e. The van der Waals surface area contributed by atoms with Crippen LogP contribution in [-0.2, 0) is 16.1 Å². The van der Waals surface area contributed by atoms with Crippen LogP contribution in [0.1, 0.15) is 23.8 Å². The van der Waals surface area contributed by atoms with Crippen LogP contribution in [0.5, 0.6) is 0 Å². The highest BCUT2D eigenvalue weighted by Crippen LogP contribution is 2.33. The maximum Gasteiger partial charge on any atom is 0.251 e. The zero-order chi connectivity index (χ0) is 23.7. The lowest BCUT2D eigenvalue weighted by Crippen LogP contribution is -2.38. The molecule has 10 nitrogen and oxygen atoms in total. The third-order valence-electron chi connectivity index (χ3n) is 5.77. The highest BCUT2D eigenvalue weighted by molar-refractivity contribution is 5.85. The maximum absolute atomic E-state index is 12.1. The van der Waals surface area contributed by atoms with E-state index in [2.05, 4.69) is 20.6 Å². The van der Waals surface area contributed by atoms with Crippen LogP contribution in [0, 0.1) is 6.92 Å². The van der Waals surface area contributed by atoms with Gasteiger partial charge in [-0.25, -0.2) is 15.0 Å². The van der Waals surface area contributed by atoms with Gasteiger partial charge in [0.2, 0.25) is 0 Å². The average molecular weight is 460 g/mol. The molecule has 0 saturated carbocycles. The Balaban J connectivity index is 1.56. The van der Waals surface area contributed by atoms with Gasteiger partial charge in [-0.15, -0.1) is 0 Å². The number of aliphatic hydroxyl groups excluding tert-OH is 1. The van der Waals surface area contributed by atoms with Gasteiger partial charge in [0, 0.05) is 38.0 Å². The van der Waals surface area contributed by atoms with E-state index in [1.165, 1.54) is 7.05 Å². The van der Waals surface area contributed by atoms with Crippen molar-refractivity contribution >= 4 is 22.9 Å². The number of hydrogen-bond donors (Lipinski definition) is 3. The number of rotatable bonds is 6. The molecule has 3 aromatic heterocycles. The highest BCUT2D eigenvalue weighted by Gasteiger charge is 2.40. The summed E-state index contributed by atoms with van der Waals surface area (Å²) in [5.41, 5.74) is 3.97. The molecule has 174 valence electrons. The van der Waals surface area contributed by atoms with Gasteiger partial charge in [0.15, 0.2) is 28.9 Å². The van der Waals surface area contributed by atoms with Gasteiger partial charge in [-0.2, -0.15) is 0 Å². The number of carbonyl (C=O) groups excluding carboxylic acids is 1. The molecule has 1 saturated heterocycles. The summed E-state index contributed by atoms with van der Waals surface area (Å²) < 4.78 is 7.62. The SMILES string of the molecule is CNC(=O)[C@H]1O[C@@H](n2cnc3c(NCc4ccccc4)nc(-c4cncc(C)c4)nc32)C[C@@H]1O. The first-order valence-corrected chi connectivity index (χ1v) is 11.0. The van der Waals surface area contributed by atoms with E-state index in [1.54, 1.807) is 23.3 Å². The lowest BCUT2D eigenvalue weighted by atomic mass is 10.1. The van der Waals surface area contributed by atoms with Crippen LogP contribution in [0.3, 0.4) is 0 Å². The van der Waals surface area contributed by atoms with Crippen molar-refractivity contribution in [2.75, 3.05) is 12.4 Å². The number of hydrogen-bond acceptors (Lipinski definition) is 8. The van der Waals surface area contributed by atoms with Gasteiger partial charge in [-0.3, -0.25) is 14.3 Å². The van der Waals surface area contributed by atoms with E-state index in [-0.39, 0.29) is 12.3 Å². The molecule has 1 aliphatic heterocycles. The third kappa shape index (κ3) is 4.20. The van der Waals surface area contributed by atoms with E-state index in [0.717, 1.165) is 16.7 Å². The van der Waals surface area contributed by atoms with Crippen LogP contribution in [0.4, 0.5) is 5.82 Å². The molecule has 0 spiro atoms. The van der Waals surface area contributed by atoms with Crippen LogP contribution in [0.2, 0.25) is 0 Å². The molecule has 34 heavy (non-hydrogen) atoms. The van der Waals surface area contributed by atoms with Crippen LogP contribution in [0.15, 0.2) is 55.1 Å². The number of fused-ring (bicyclic) bond motifs is 1. The second kappa shape index (κ2) is 9.16. The molecule has 0 aliphatic carbocycles. The first-order chi connectivity index (χ1) is 16.5. The Morgan fingerprint density at radius 2 is 2.06 bits per heavy atom. The molecule has 10 heteroatoms. The fraction of sp³-hybridized carbons (Fsp3) is 0.292. The van der Waals surface area contributed by atoms with E-state index < -0.39 is 18.4 Å². The number of anilines is 1. The number of amides is 1. The van der Waals surface area contributed by atoms with E-state index in [9.17, 15) is 9.90 Å². The number of nitrogens with one attached hydrogen (secondary N) is 2. The van der Waals surface area contributed by atoms with Crippen LogP contribution >= 0.6 is 0 Å². The summed E-state index contributed by atoms with van der Waals surface area (Å²) in [5, 5.41) is 16.3. The Morgan fingerprint density at radius 1 is 1.24 bits per heavy atom. The zero-order valence-electron chi connectivity index (χ0n) is 18.8. The number of benzene rings is 1. The lowest BCUT2D eigenvalue weighted by molar-refractivity contribution is -0.137. The molecule has 3 N–H and O–H groups in total. The Morgan fingerprint density at radius 3 is 2.82 bits per heavy atom. The molecule has 1 amide bonds. The number of pyridine rings is 1. The summed E-state index contributed by atoms with van der Waals surface area (Å²) >= 11 is 0. The van der Waals surface area contributed by atoms with Gasteiger partial charge < -0.3 is 20.5 Å². The Kier molecular flexibility index (Phi) is 5.91. The van der Waals surface area contributed by atoms with Crippen molar-refractivity contribution in [3.8, 4) is 11.4 Å². The quantitative estimate of drug-likeness (QED) is 0.401. The predicted molar refractivity (Wildman–Crippen MR) is 126 cm³/mol.